The second-order valence-electron chi connectivity index (χ2n) is 6.60. The smallest absolute Gasteiger partial charge is 0.264 e. The molecule has 28 heavy (non-hydrogen) atoms. The molecule has 5 nitrogen and oxygen atoms in total. The van der Waals surface area contributed by atoms with Gasteiger partial charge >= 0.3 is 0 Å². The Morgan fingerprint density at radius 1 is 0.893 bits per heavy atom. The van der Waals surface area contributed by atoms with Crippen molar-refractivity contribution in [2.24, 2.45) is 0 Å². The molecule has 3 rings (SSSR count). The Morgan fingerprint density at radius 2 is 1.54 bits per heavy atom. The van der Waals surface area contributed by atoms with Crippen LogP contribution in [0.15, 0.2) is 77.7 Å². The SMILES string of the molecule is Cc1ccc(C)c(NC(=O)c2ccc(S(=O)(=O)N(C)c3ccccc3)cc2)c1. The molecule has 1 amide bonds. The summed E-state index contributed by atoms with van der Waals surface area (Å²) in [7, 11) is -2.20. The number of hydrogen-bond acceptors (Lipinski definition) is 3. The summed E-state index contributed by atoms with van der Waals surface area (Å²) in [5.74, 6) is -0.283. The number of carbonyl (C=O) groups is 1. The molecule has 0 aliphatic rings. The summed E-state index contributed by atoms with van der Waals surface area (Å²) in [5, 5.41) is 2.88. The van der Waals surface area contributed by atoms with Gasteiger partial charge in [-0.2, -0.15) is 0 Å². The second kappa shape index (κ2) is 7.86. The van der Waals surface area contributed by atoms with E-state index in [-0.39, 0.29) is 10.8 Å². The third kappa shape index (κ3) is 4.07. The first kappa shape index (κ1) is 19.6. The van der Waals surface area contributed by atoms with Gasteiger partial charge in [-0.25, -0.2) is 8.42 Å². The van der Waals surface area contributed by atoms with E-state index in [4.69, 9.17) is 0 Å². The topological polar surface area (TPSA) is 66.5 Å². The van der Waals surface area contributed by atoms with Crippen LogP contribution < -0.4 is 9.62 Å². The molecule has 3 aromatic rings. The summed E-state index contributed by atoms with van der Waals surface area (Å²) in [4.78, 5) is 12.6. The lowest BCUT2D eigenvalue weighted by Gasteiger charge is -2.19. The quantitative estimate of drug-likeness (QED) is 0.698. The molecule has 0 aromatic heterocycles. The van der Waals surface area contributed by atoms with Gasteiger partial charge < -0.3 is 5.32 Å². The fraction of sp³-hybridized carbons (Fsp3) is 0.136. The van der Waals surface area contributed by atoms with Crippen molar-refractivity contribution in [3.63, 3.8) is 0 Å². The number of rotatable bonds is 5. The Kier molecular flexibility index (Phi) is 5.51. The maximum atomic E-state index is 12.8. The lowest BCUT2D eigenvalue weighted by molar-refractivity contribution is 0.102. The minimum Gasteiger partial charge on any atom is -0.322 e. The van der Waals surface area contributed by atoms with Crippen LogP contribution in [0.1, 0.15) is 21.5 Å². The molecule has 0 saturated heterocycles. The summed E-state index contributed by atoms with van der Waals surface area (Å²) >= 11 is 0. The van der Waals surface area contributed by atoms with Crippen molar-refractivity contribution in [3.8, 4) is 0 Å². The molecule has 1 N–H and O–H groups in total. The van der Waals surface area contributed by atoms with E-state index >= 15 is 0 Å². The fourth-order valence-electron chi connectivity index (χ4n) is 2.78. The van der Waals surface area contributed by atoms with Crippen LogP contribution in [0.3, 0.4) is 0 Å². The normalized spacial score (nSPS) is 11.1. The van der Waals surface area contributed by atoms with Crippen LogP contribution >= 0.6 is 0 Å². The number of carbonyl (C=O) groups excluding carboxylic acids is 1. The number of sulfonamides is 1. The number of para-hydroxylation sites is 1. The Labute approximate surface area is 165 Å². The van der Waals surface area contributed by atoms with E-state index in [0.717, 1.165) is 16.8 Å². The van der Waals surface area contributed by atoms with Crippen molar-refractivity contribution in [1.82, 2.24) is 0 Å². The van der Waals surface area contributed by atoms with E-state index in [1.165, 1.54) is 35.6 Å². The Hall–Kier alpha value is -3.12. The van der Waals surface area contributed by atoms with Gasteiger partial charge in [0.25, 0.3) is 15.9 Å². The maximum Gasteiger partial charge on any atom is 0.264 e. The van der Waals surface area contributed by atoms with Gasteiger partial charge in [0.2, 0.25) is 0 Å². The lowest BCUT2D eigenvalue weighted by Crippen LogP contribution is -2.26. The zero-order valence-corrected chi connectivity index (χ0v) is 16.8. The Balaban J connectivity index is 1.81. The minimum absolute atomic E-state index is 0.127. The summed E-state index contributed by atoms with van der Waals surface area (Å²) in [6.45, 7) is 3.88. The van der Waals surface area contributed by atoms with E-state index in [9.17, 15) is 13.2 Å². The predicted octanol–water partition coefficient (Wildman–Crippen LogP) is 4.38. The van der Waals surface area contributed by atoms with E-state index in [1.54, 1.807) is 24.3 Å². The first-order chi connectivity index (χ1) is 13.3. The minimum atomic E-state index is -3.70. The van der Waals surface area contributed by atoms with Crippen LogP contribution in [-0.4, -0.2) is 21.4 Å². The predicted molar refractivity (Wildman–Crippen MR) is 112 cm³/mol. The highest BCUT2D eigenvalue weighted by atomic mass is 32.2. The number of amides is 1. The molecular formula is C22H22N2O3S. The van der Waals surface area contributed by atoms with E-state index in [0.29, 0.717) is 11.3 Å². The fourth-order valence-corrected chi connectivity index (χ4v) is 3.97. The van der Waals surface area contributed by atoms with Gasteiger partial charge in [-0.3, -0.25) is 9.10 Å². The molecule has 0 atom stereocenters. The molecule has 0 heterocycles. The zero-order valence-electron chi connectivity index (χ0n) is 16.0. The lowest BCUT2D eigenvalue weighted by atomic mass is 10.1. The summed E-state index contributed by atoms with van der Waals surface area (Å²) < 4.78 is 26.8. The van der Waals surface area contributed by atoms with E-state index < -0.39 is 10.0 Å². The maximum absolute atomic E-state index is 12.8. The van der Waals surface area contributed by atoms with Crippen LogP contribution in [0.5, 0.6) is 0 Å². The standard InChI is InChI=1S/C22H22N2O3S/c1-16-9-10-17(2)21(15-16)23-22(25)18-11-13-20(14-12-18)28(26,27)24(3)19-7-5-4-6-8-19/h4-15H,1-3H3,(H,23,25). The summed E-state index contributed by atoms with van der Waals surface area (Å²) in [6.07, 6.45) is 0. The van der Waals surface area contributed by atoms with Crippen LogP contribution in [0, 0.1) is 13.8 Å². The van der Waals surface area contributed by atoms with E-state index in [2.05, 4.69) is 5.32 Å². The van der Waals surface area contributed by atoms with Crippen molar-refractivity contribution >= 4 is 27.3 Å². The summed E-state index contributed by atoms with van der Waals surface area (Å²) in [6, 6.07) is 20.6. The van der Waals surface area contributed by atoms with Crippen molar-refractivity contribution in [2.75, 3.05) is 16.7 Å². The first-order valence-electron chi connectivity index (χ1n) is 8.82. The zero-order chi connectivity index (χ0) is 20.3. The average molecular weight is 394 g/mol. The largest absolute Gasteiger partial charge is 0.322 e. The molecule has 0 aliphatic carbocycles. The molecule has 0 unspecified atom stereocenters. The van der Waals surface area contributed by atoms with Gasteiger partial charge in [0.05, 0.1) is 10.6 Å². The van der Waals surface area contributed by atoms with Gasteiger partial charge in [0.1, 0.15) is 0 Å². The van der Waals surface area contributed by atoms with Crippen LogP contribution in [-0.2, 0) is 10.0 Å². The molecule has 144 valence electrons. The second-order valence-corrected chi connectivity index (χ2v) is 8.57. The molecule has 0 saturated carbocycles. The number of nitrogens with one attached hydrogen (secondary N) is 1. The van der Waals surface area contributed by atoms with Crippen molar-refractivity contribution < 1.29 is 13.2 Å². The number of anilines is 2. The molecule has 0 radical (unpaired) electrons. The Bertz CT molecular complexity index is 1090. The highest BCUT2D eigenvalue weighted by Crippen LogP contribution is 2.22. The molecule has 0 fully saturated rings. The molecule has 0 spiro atoms. The highest BCUT2D eigenvalue weighted by molar-refractivity contribution is 7.92. The van der Waals surface area contributed by atoms with Gasteiger partial charge in [0.15, 0.2) is 0 Å². The molecule has 0 bridgehead atoms. The molecular weight excluding hydrogens is 372 g/mol. The average Bonchev–Trinajstić information content (AvgIpc) is 2.71. The number of benzene rings is 3. The van der Waals surface area contributed by atoms with Gasteiger partial charge in [-0.05, 0) is 67.4 Å². The molecule has 0 aliphatic heterocycles. The van der Waals surface area contributed by atoms with Gasteiger partial charge in [-0.15, -0.1) is 0 Å². The van der Waals surface area contributed by atoms with Gasteiger partial charge in [-0.1, -0.05) is 30.3 Å². The Morgan fingerprint density at radius 3 is 2.18 bits per heavy atom. The van der Waals surface area contributed by atoms with Crippen molar-refractivity contribution in [1.29, 1.82) is 0 Å². The summed E-state index contributed by atoms with van der Waals surface area (Å²) in [5.41, 5.74) is 3.71. The molecule has 6 heteroatoms. The third-order valence-corrected chi connectivity index (χ3v) is 6.34. The van der Waals surface area contributed by atoms with Crippen molar-refractivity contribution in [2.45, 2.75) is 18.7 Å². The van der Waals surface area contributed by atoms with Crippen LogP contribution in [0.2, 0.25) is 0 Å². The number of hydrogen-bond donors (Lipinski definition) is 1. The van der Waals surface area contributed by atoms with Crippen molar-refractivity contribution in [3.05, 3.63) is 89.5 Å². The van der Waals surface area contributed by atoms with E-state index in [1.807, 2.05) is 38.1 Å². The van der Waals surface area contributed by atoms with Crippen LogP contribution in [0.25, 0.3) is 0 Å². The first-order valence-corrected chi connectivity index (χ1v) is 10.3. The monoisotopic (exact) mass is 394 g/mol. The third-order valence-electron chi connectivity index (χ3n) is 4.54. The highest BCUT2D eigenvalue weighted by Gasteiger charge is 2.21. The number of aryl methyl sites for hydroxylation is 2. The molecule has 3 aromatic carbocycles. The number of nitrogens with zero attached hydrogens (tertiary/aromatic N) is 1. The van der Waals surface area contributed by atoms with Gasteiger partial charge in [0, 0.05) is 18.3 Å². The van der Waals surface area contributed by atoms with Crippen LogP contribution in [0.4, 0.5) is 11.4 Å².